The number of anilines is 1. The Morgan fingerprint density at radius 1 is 1.30 bits per heavy atom. The highest BCUT2D eigenvalue weighted by Crippen LogP contribution is 2.24. The number of nitrogens with one attached hydrogen (secondary N) is 2. The zero-order chi connectivity index (χ0) is 16.2. The number of aliphatic hydroxyl groups excluding tert-OH is 1. The lowest BCUT2D eigenvalue weighted by atomic mass is 9.93. The van der Waals surface area contributed by atoms with Crippen LogP contribution in [0.25, 0.3) is 11.5 Å². The van der Waals surface area contributed by atoms with Gasteiger partial charge in [0, 0.05) is 17.3 Å². The normalized spacial score (nSPS) is 21.0. The molecule has 0 aliphatic heterocycles. The van der Waals surface area contributed by atoms with Crippen molar-refractivity contribution in [1.82, 2.24) is 10.3 Å². The Kier molecular flexibility index (Phi) is 4.62. The second-order valence-electron chi connectivity index (χ2n) is 5.97. The molecule has 1 aliphatic rings. The van der Waals surface area contributed by atoms with E-state index in [4.69, 9.17) is 4.42 Å². The van der Waals surface area contributed by atoms with Crippen molar-refractivity contribution < 1.29 is 14.3 Å². The first-order chi connectivity index (χ1) is 11.1. The highest BCUT2D eigenvalue weighted by molar-refractivity contribution is 5.91. The number of benzene rings is 1. The van der Waals surface area contributed by atoms with Gasteiger partial charge in [-0.3, -0.25) is 0 Å². The molecule has 0 spiro atoms. The number of aryl methyl sites for hydroxylation is 1. The number of oxazole rings is 1. The van der Waals surface area contributed by atoms with Crippen LogP contribution in [0.5, 0.6) is 0 Å². The molecule has 1 aromatic carbocycles. The summed E-state index contributed by atoms with van der Waals surface area (Å²) >= 11 is 0. The fraction of sp³-hybridized carbons (Fsp3) is 0.412. The lowest BCUT2D eigenvalue weighted by Gasteiger charge is -2.26. The third-order valence-corrected chi connectivity index (χ3v) is 4.20. The van der Waals surface area contributed by atoms with Crippen LogP contribution >= 0.6 is 0 Å². The van der Waals surface area contributed by atoms with Gasteiger partial charge >= 0.3 is 6.03 Å². The van der Waals surface area contributed by atoms with Crippen molar-refractivity contribution in [2.45, 2.75) is 44.8 Å². The smallest absolute Gasteiger partial charge is 0.319 e. The van der Waals surface area contributed by atoms with Gasteiger partial charge in [0.1, 0.15) is 6.26 Å². The molecule has 1 fully saturated rings. The lowest BCUT2D eigenvalue weighted by Crippen LogP contribution is -2.41. The highest BCUT2D eigenvalue weighted by Gasteiger charge is 2.21. The van der Waals surface area contributed by atoms with Crippen LogP contribution in [-0.4, -0.2) is 28.3 Å². The molecule has 1 saturated carbocycles. The molecule has 0 saturated heterocycles. The number of rotatable bonds is 3. The Morgan fingerprint density at radius 2 is 2.09 bits per heavy atom. The maximum absolute atomic E-state index is 12.2. The van der Waals surface area contributed by atoms with E-state index in [1.54, 1.807) is 6.20 Å². The molecule has 122 valence electrons. The molecule has 1 heterocycles. The Bertz CT molecular complexity index is 662. The van der Waals surface area contributed by atoms with Crippen LogP contribution in [0.4, 0.5) is 10.5 Å². The van der Waals surface area contributed by atoms with Gasteiger partial charge in [0.25, 0.3) is 0 Å². The summed E-state index contributed by atoms with van der Waals surface area (Å²) in [6, 6.07) is 5.58. The lowest BCUT2D eigenvalue weighted by molar-refractivity contribution is 0.118. The summed E-state index contributed by atoms with van der Waals surface area (Å²) in [6.45, 7) is 1.94. The zero-order valence-electron chi connectivity index (χ0n) is 13.1. The monoisotopic (exact) mass is 315 g/mol. The minimum Gasteiger partial charge on any atom is -0.445 e. The van der Waals surface area contributed by atoms with Crippen molar-refractivity contribution >= 4 is 11.7 Å². The molecule has 3 N–H and O–H groups in total. The van der Waals surface area contributed by atoms with E-state index in [0.29, 0.717) is 5.89 Å². The largest absolute Gasteiger partial charge is 0.445 e. The first kappa shape index (κ1) is 15.6. The Labute approximate surface area is 134 Å². The number of urea groups is 1. The van der Waals surface area contributed by atoms with Crippen molar-refractivity contribution in [3.63, 3.8) is 0 Å². The number of hydrogen-bond donors (Lipinski definition) is 3. The highest BCUT2D eigenvalue weighted by atomic mass is 16.3. The molecule has 2 amide bonds. The number of hydrogen-bond acceptors (Lipinski definition) is 4. The van der Waals surface area contributed by atoms with Gasteiger partial charge in [-0.15, -0.1) is 0 Å². The minimum atomic E-state index is -0.226. The average molecular weight is 315 g/mol. The van der Waals surface area contributed by atoms with E-state index < -0.39 is 0 Å². The van der Waals surface area contributed by atoms with Crippen molar-refractivity contribution in [2.75, 3.05) is 5.32 Å². The maximum atomic E-state index is 12.2. The number of carbonyl (C=O) groups excluding carboxylic acids is 1. The number of aliphatic hydroxyl groups is 1. The van der Waals surface area contributed by atoms with Gasteiger partial charge < -0.3 is 20.2 Å². The Hall–Kier alpha value is -2.34. The van der Waals surface area contributed by atoms with Crippen LogP contribution in [0.3, 0.4) is 0 Å². The quantitative estimate of drug-likeness (QED) is 0.812. The molecule has 1 aliphatic carbocycles. The van der Waals surface area contributed by atoms with E-state index >= 15 is 0 Å². The molecule has 3 rings (SSSR count). The molecular formula is C17H21N3O3. The fourth-order valence-corrected chi connectivity index (χ4v) is 2.82. The summed E-state index contributed by atoms with van der Waals surface area (Å²) in [4.78, 5) is 16.3. The zero-order valence-corrected chi connectivity index (χ0v) is 13.1. The van der Waals surface area contributed by atoms with E-state index in [2.05, 4.69) is 15.6 Å². The van der Waals surface area contributed by atoms with Gasteiger partial charge in [0.2, 0.25) is 5.89 Å². The van der Waals surface area contributed by atoms with Crippen LogP contribution in [0, 0.1) is 6.92 Å². The summed E-state index contributed by atoms with van der Waals surface area (Å²) < 4.78 is 5.29. The van der Waals surface area contributed by atoms with Gasteiger partial charge in [-0.2, -0.15) is 0 Å². The molecule has 1 aromatic heterocycles. The molecule has 0 unspecified atom stereocenters. The summed E-state index contributed by atoms with van der Waals surface area (Å²) in [5.74, 6) is 0.523. The van der Waals surface area contributed by atoms with E-state index in [-0.39, 0.29) is 18.2 Å². The number of nitrogens with zero attached hydrogens (tertiary/aromatic N) is 1. The molecule has 0 radical (unpaired) electrons. The van der Waals surface area contributed by atoms with Gasteiger partial charge in [-0.05, 0) is 50.3 Å². The second kappa shape index (κ2) is 6.83. The van der Waals surface area contributed by atoms with Crippen LogP contribution in [0.15, 0.2) is 35.1 Å². The van der Waals surface area contributed by atoms with Gasteiger partial charge in [-0.25, -0.2) is 9.78 Å². The van der Waals surface area contributed by atoms with E-state index in [0.717, 1.165) is 42.5 Å². The molecule has 6 nitrogen and oxygen atoms in total. The molecule has 0 atom stereocenters. The number of aromatic nitrogens is 1. The summed E-state index contributed by atoms with van der Waals surface area (Å²) in [7, 11) is 0. The van der Waals surface area contributed by atoms with Gasteiger partial charge in [0.05, 0.1) is 12.3 Å². The summed E-state index contributed by atoms with van der Waals surface area (Å²) in [5, 5.41) is 15.4. The standard InChI is InChI=1S/C17H21N3O3/c1-11-2-3-12(16-18-8-9-23-16)10-15(11)20-17(22)19-13-4-6-14(21)7-5-13/h2-3,8-10,13-14,21H,4-7H2,1H3,(H2,19,20,22). The van der Waals surface area contributed by atoms with Gasteiger partial charge in [0.15, 0.2) is 0 Å². The number of amides is 2. The summed E-state index contributed by atoms with van der Waals surface area (Å²) in [5.41, 5.74) is 2.51. The first-order valence-corrected chi connectivity index (χ1v) is 7.88. The van der Waals surface area contributed by atoms with Crippen LogP contribution in [-0.2, 0) is 0 Å². The van der Waals surface area contributed by atoms with Crippen LogP contribution < -0.4 is 10.6 Å². The second-order valence-corrected chi connectivity index (χ2v) is 5.97. The topological polar surface area (TPSA) is 87.4 Å². The number of carbonyl (C=O) groups is 1. The minimum absolute atomic E-state index is 0.119. The summed E-state index contributed by atoms with van der Waals surface area (Å²) in [6.07, 6.45) is 5.98. The molecule has 2 aromatic rings. The van der Waals surface area contributed by atoms with Crippen LogP contribution in [0.1, 0.15) is 31.2 Å². The van der Waals surface area contributed by atoms with Crippen molar-refractivity contribution in [3.8, 4) is 11.5 Å². The average Bonchev–Trinajstić information content (AvgIpc) is 3.06. The van der Waals surface area contributed by atoms with E-state index in [1.165, 1.54) is 6.26 Å². The maximum Gasteiger partial charge on any atom is 0.319 e. The Balaban J connectivity index is 1.65. The SMILES string of the molecule is Cc1ccc(-c2ncco2)cc1NC(=O)NC1CCC(O)CC1. The molecule has 0 bridgehead atoms. The van der Waals surface area contributed by atoms with E-state index in [1.807, 2.05) is 25.1 Å². The first-order valence-electron chi connectivity index (χ1n) is 7.88. The molecule has 23 heavy (non-hydrogen) atoms. The van der Waals surface area contributed by atoms with E-state index in [9.17, 15) is 9.90 Å². The predicted molar refractivity (Wildman–Crippen MR) is 87.1 cm³/mol. The molecule has 6 heteroatoms. The third-order valence-electron chi connectivity index (χ3n) is 4.20. The van der Waals surface area contributed by atoms with Crippen molar-refractivity contribution in [2.24, 2.45) is 0 Å². The van der Waals surface area contributed by atoms with Crippen molar-refractivity contribution in [1.29, 1.82) is 0 Å². The van der Waals surface area contributed by atoms with Crippen LogP contribution in [0.2, 0.25) is 0 Å². The predicted octanol–water partition coefficient (Wildman–Crippen LogP) is 3.08. The van der Waals surface area contributed by atoms with Gasteiger partial charge in [-0.1, -0.05) is 6.07 Å². The van der Waals surface area contributed by atoms with Crippen molar-refractivity contribution in [3.05, 3.63) is 36.2 Å². The Morgan fingerprint density at radius 3 is 2.78 bits per heavy atom. The fourth-order valence-electron chi connectivity index (χ4n) is 2.82. The molecular weight excluding hydrogens is 294 g/mol. The third kappa shape index (κ3) is 3.90.